The summed E-state index contributed by atoms with van der Waals surface area (Å²) in [6.45, 7) is 1.01. The number of allylic oxidation sites excluding steroid dienone is 1. The molecule has 1 heterocycles. The molecule has 0 unspecified atom stereocenters. The average Bonchev–Trinajstić information content (AvgIpc) is 2.90. The number of benzene rings is 1. The first-order valence-electron chi connectivity index (χ1n) is 8.75. The molecule has 2 aliphatic rings. The Bertz CT molecular complexity index is 682. The zero-order valence-corrected chi connectivity index (χ0v) is 17.0. The summed E-state index contributed by atoms with van der Waals surface area (Å²) in [6.07, 6.45) is 10.7. The van der Waals surface area contributed by atoms with Crippen LogP contribution in [0.2, 0.25) is 0 Å². The zero-order valence-electron chi connectivity index (χ0n) is 16.2. The van der Waals surface area contributed by atoms with Crippen LogP contribution in [0.15, 0.2) is 30.0 Å². The van der Waals surface area contributed by atoms with E-state index in [0.717, 1.165) is 30.9 Å². The highest BCUT2D eigenvalue weighted by Gasteiger charge is 2.54. The Balaban J connectivity index is 2.22. The lowest BCUT2D eigenvalue weighted by molar-refractivity contribution is 0.184. The summed E-state index contributed by atoms with van der Waals surface area (Å²) in [7, 11) is 4.62. The van der Waals surface area contributed by atoms with Gasteiger partial charge in [0.25, 0.3) is 0 Å². The van der Waals surface area contributed by atoms with Gasteiger partial charge in [0.1, 0.15) is 0 Å². The van der Waals surface area contributed by atoms with Crippen LogP contribution in [0, 0.1) is 0 Å². The van der Waals surface area contributed by atoms with E-state index in [2.05, 4.69) is 48.9 Å². The molecule has 0 radical (unpaired) electrons. The molecule has 0 amide bonds. The van der Waals surface area contributed by atoms with E-state index < -0.39 is 10.0 Å². The number of aliphatic hydroxyl groups is 1. The second-order valence-electron chi connectivity index (χ2n) is 7.99. The first kappa shape index (κ1) is 18.5. The number of ether oxygens (including phenoxy) is 2. The van der Waals surface area contributed by atoms with Gasteiger partial charge in [-0.25, -0.2) is 10.0 Å². The van der Waals surface area contributed by atoms with E-state index in [-0.39, 0.29) is 11.5 Å². The number of nitrogens with zero attached hydrogens (tertiary/aromatic N) is 1. The highest BCUT2D eigenvalue weighted by Crippen LogP contribution is 2.61. The number of fused-ring (bicyclic) bond motifs is 1. The van der Waals surface area contributed by atoms with Gasteiger partial charge in [-0.05, 0) is 55.4 Å². The molecule has 25 heavy (non-hydrogen) atoms. The van der Waals surface area contributed by atoms with Crippen molar-refractivity contribution >= 4 is 10.0 Å². The van der Waals surface area contributed by atoms with Crippen LogP contribution in [0.4, 0.5) is 0 Å². The minimum absolute atomic E-state index is 0.0544. The predicted molar refractivity (Wildman–Crippen MR) is 106 cm³/mol. The summed E-state index contributed by atoms with van der Waals surface area (Å²) in [5.41, 5.74) is 2.49. The fourth-order valence-corrected chi connectivity index (χ4v) is 7.05. The topological polar surface area (TPSA) is 41.9 Å². The monoisotopic (exact) mass is 365 g/mol. The Morgan fingerprint density at radius 2 is 1.84 bits per heavy atom. The highest BCUT2D eigenvalue weighted by molar-refractivity contribution is 8.32. The normalized spacial score (nSPS) is 29.9. The molecular formula is C20H31NO3S. The van der Waals surface area contributed by atoms with Crippen molar-refractivity contribution in [3.63, 3.8) is 0 Å². The van der Waals surface area contributed by atoms with Crippen molar-refractivity contribution in [1.82, 2.24) is 4.90 Å². The van der Waals surface area contributed by atoms with Crippen LogP contribution in [0.5, 0.6) is 11.5 Å². The summed E-state index contributed by atoms with van der Waals surface area (Å²) < 4.78 is 11.0. The molecule has 1 fully saturated rings. The number of hydrogen-bond acceptors (Lipinski definition) is 4. The van der Waals surface area contributed by atoms with E-state index in [9.17, 15) is 5.11 Å². The van der Waals surface area contributed by atoms with E-state index in [1.54, 1.807) is 14.2 Å². The first-order chi connectivity index (χ1) is 11.7. The molecule has 1 aromatic rings. The van der Waals surface area contributed by atoms with Crippen molar-refractivity contribution in [2.45, 2.75) is 29.6 Å². The van der Waals surface area contributed by atoms with Crippen LogP contribution >= 0.6 is 10.0 Å². The maximum absolute atomic E-state index is 10.5. The lowest BCUT2D eigenvalue weighted by Gasteiger charge is -2.52. The molecule has 1 saturated heterocycles. The van der Waals surface area contributed by atoms with E-state index in [1.165, 1.54) is 11.3 Å². The van der Waals surface area contributed by atoms with Gasteiger partial charge >= 0.3 is 0 Å². The number of likely N-dealkylation sites (tertiary alicyclic amines) is 1. The molecule has 1 aliphatic carbocycles. The van der Waals surface area contributed by atoms with Gasteiger partial charge in [-0.2, -0.15) is 0 Å². The highest BCUT2D eigenvalue weighted by atomic mass is 32.3. The summed E-state index contributed by atoms with van der Waals surface area (Å²) in [5.74, 6) is 1.53. The molecular weight excluding hydrogens is 334 g/mol. The first-order valence-corrected chi connectivity index (χ1v) is 11.7. The van der Waals surface area contributed by atoms with Gasteiger partial charge in [0, 0.05) is 30.0 Å². The molecule has 5 heteroatoms. The Labute approximate surface area is 153 Å². The molecule has 1 aromatic carbocycles. The standard InChI is InChI=1S/C20H31NO3S/c1-21-10-9-20(14-7-8-16(23-2)17(11-14)24-3)18(21)12-15(22)13-19(20)25(4,5)6/h7-8,11-12,15,19,22H,9-10,13H2,1-6H3/t15-,19-,20+/m0/s1. The van der Waals surface area contributed by atoms with E-state index >= 15 is 0 Å². The molecule has 1 N–H and O–H groups in total. The van der Waals surface area contributed by atoms with Crippen LogP contribution in [0.3, 0.4) is 0 Å². The summed E-state index contributed by atoms with van der Waals surface area (Å²) in [6, 6.07) is 6.34. The Morgan fingerprint density at radius 1 is 1.16 bits per heavy atom. The van der Waals surface area contributed by atoms with Crippen molar-refractivity contribution in [3.8, 4) is 11.5 Å². The molecule has 3 atom stereocenters. The summed E-state index contributed by atoms with van der Waals surface area (Å²) >= 11 is 0. The van der Waals surface area contributed by atoms with Crippen LogP contribution in [0.25, 0.3) is 0 Å². The van der Waals surface area contributed by atoms with Crippen LogP contribution < -0.4 is 9.47 Å². The molecule has 1 aliphatic heterocycles. The fraction of sp³-hybridized carbons (Fsp3) is 0.600. The molecule has 0 bridgehead atoms. The smallest absolute Gasteiger partial charge is 0.161 e. The van der Waals surface area contributed by atoms with Crippen LogP contribution in [-0.4, -0.2) is 67.9 Å². The maximum atomic E-state index is 10.5. The summed E-state index contributed by atoms with van der Waals surface area (Å²) in [5, 5.41) is 10.9. The van der Waals surface area contributed by atoms with Crippen molar-refractivity contribution in [1.29, 1.82) is 0 Å². The van der Waals surface area contributed by atoms with E-state index in [0.29, 0.717) is 5.25 Å². The molecule has 0 spiro atoms. The Kier molecular flexibility index (Phi) is 4.75. The molecule has 0 saturated carbocycles. The minimum Gasteiger partial charge on any atom is -0.493 e. The van der Waals surface area contributed by atoms with Crippen LogP contribution in [-0.2, 0) is 5.41 Å². The zero-order chi connectivity index (χ0) is 18.4. The SMILES string of the molecule is COc1ccc([C@]23CCN(C)C2=C[C@H](O)C[C@@H]3S(C)(C)C)cc1OC. The third-order valence-electron chi connectivity index (χ3n) is 5.82. The number of hydrogen-bond donors (Lipinski definition) is 1. The quantitative estimate of drug-likeness (QED) is 0.891. The van der Waals surface area contributed by atoms with Gasteiger partial charge in [0.2, 0.25) is 0 Å². The predicted octanol–water partition coefficient (Wildman–Crippen LogP) is 2.99. The number of likely N-dealkylation sites (N-methyl/N-ethyl adjacent to an activating group) is 1. The molecule has 4 nitrogen and oxygen atoms in total. The van der Waals surface area contributed by atoms with Gasteiger partial charge in [-0.3, -0.25) is 0 Å². The lowest BCUT2D eigenvalue weighted by Crippen LogP contribution is -2.47. The van der Waals surface area contributed by atoms with E-state index in [4.69, 9.17) is 9.47 Å². The third-order valence-corrected chi connectivity index (χ3v) is 8.12. The maximum Gasteiger partial charge on any atom is 0.161 e. The lowest BCUT2D eigenvalue weighted by atomic mass is 9.69. The molecule has 0 aromatic heterocycles. The number of rotatable bonds is 4. The van der Waals surface area contributed by atoms with Gasteiger partial charge in [0.05, 0.1) is 20.3 Å². The molecule has 3 rings (SSSR count). The number of methoxy groups -OCH3 is 2. The largest absolute Gasteiger partial charge is 0.493 e. The van der Waals surface area contributed by atoms with E-state index in [1.807, 2.05) is 6.07 Å². The second-order valence-corrected chi connectivity index (χ2v) is 12.4. The van der Waals surface area contributed by atoms with Crippen molar-refractivity contribution in [3.05, 3.63) is 35.5 Å². The Hall–Kier alpha value is -1.33. The second kappa shape index (κ2) is 6.44. The summed E-state index contributed by atoms with van der Waals surface area (Å²) in [4.78, 5) is 2.32. The van der Waals surface area contributed by atoms with Gasteiger partial charge in [-0.15, -0.1) is 0 Å². The van der Waals surface area contributed by atoms with Gasteiger partial charge in [-0.1, -0.05) is 6.07 Å². The van der Waals surface area contributed by atoms with Crippen molar-refractivity contribution in [2.24, 2.45) is 0 Å². The van der Waals surface area contributed by atoms with Gasteiger partial charge < -0.3 is 19.5 Å². The van der Waals surface area contributed by atoms with Crippen molar-refractivity contribution < 1.29 is 14.6 Å². The third kappa shape index (κ3) is 2.91. The van der Waals surface area contributed by atoms with Gasteiger partial charge in [0.15, 0.2) is 11.5 Å². The van der Waals surface area contributed by atoms with Crippen molar-refractivity contribution in [2.75, 3.05) is 46.6 Å². The molecule has 140 valence electrons. The minimum atomic E-state index is -0.878. The Morgan fingerprint density at radius 3 is 2.44 bits per heavy atom. The fourth-order valence-electron chi connectivity index (χ4n) is 4.69. The number of aliphatic hydroxyl groups excluding tert-OH is 1. The average molecular weight is 366 g/mol. The van der Waals surface area contributed by atoms with Crippen LogP contribution in [0.1, 0.15) is 18.4 Å².